The minimum atomic E-state index is -0.0949. The van der Waals surface area contributed by atoms with Crippen LogP contribution in [0.15, 0.2) is 23.8 Å². The van der Waals surface area contributed by atoms with Gasteiger partial charge in [0.25, 0.3) is 5.91 Å². The van der Waals surface area contributed by atoms with Gasteiger partial charge in [0.1, 0.15) is 4.88 Å². The van der Waals surface area contributed by atoms with E-state index < -0.39 is 0 Å². The normalized spacial score (nSPS) is 10.3. The van der Waals surface area contributed by atoms with E-state index in [1.54, 1.807) is 11.7 Å². The molecule has 4 heteroatoms. The summed E-state index contributed by atoms with van der Waals surface area (Å²) in [6.45, 7) is 6.05. The summed E-state index contributed by atoms with van der Waals surface area (Å²) in [6.07, 6.45) is 1.58. The molecule has 1 N–H and O–H groups in total. The van der Waals surface area contributed by atoms with Crippen LogP contribution in [0.3, 0.4) is 0 Å². The highest BCUT2D eigenvalue weighted by Crippen LogP contribution is 2.23. The van der Waals surface area contributed by atoms with Crippen LogP contribution in [0.25, 0.3) is 0 Å². The first-order valence-corrected chi connectivity index (χ1v) is 6.23. The van der Waals surface area contributed by atoms with E-state index in [9.17, 15) is 4.79 Å². The summed E-state index contributed by atoms with van der Waals surface area (Å²) in [5.41, 5.74) is 5.93. The summed E-state index contributed by atoms with van der Waals surface area (Å²) in [4.78, 5) is 16.5. The second-order valence-corrected chi connectivity index (χ2v) is 4.98. The molecule has 1 aromatic heterocycles. The number of nitrogens with one attached hydrogen (secondary N) is 1. The van der Waals surface area contributed by atoms with Crippen molar-refractivity contribution in [2.24, 2.45) is 0 Å². The largest absolute Gasteiger partial charge is 0.321 e. The number of amides is 1. The van der Waals surface area contributed by atoms with E-state index in [2.05, 4.69) is 29.4 Å². The van der Waals surface area contributed by atoms with Gasteiger partial charge in [-0.3, -0.25) is 9.78 Å². The van der Waals surface area contributed by atoms with Crippen LogP contribution in [-0.2, 0) is 0 Å². The molecule has 0 saturated carbocycles. The van der Waals surface area contributed by atoms with E-state index in [1.807, 2.05) is 13.8 Å². The van der Waals surface area contributed by atoms with Crippen molar-refractivity contribution < 1.29 is 4.79 Å². The monoisotopic (exact) mass is 246 g/mol. The Morgan fingerprint density at radius 2 is 1.88 bits per heavy atom. The first-order valence-electron chi connectivity index (χ1n) is 5.35. The molecule has 0 bridgehead atoms. The number of nitrogens with zero attached hydrogens (tertiary/aromatic N) is 1. The number of thiazole rings is 1. The van der Waals surface area contributed by atoms with Gasteiger partial charge in [0.2, 0.25) is 0 Å². The number of aryl methyl sites for hydroxylation is 3. The van der Waals surface area contributed by atoms with Crippen LogP contribution in [0.5, 0.6) is 0 Å². The quantitative estimate of drug-likeness (QED) is 0.883. The van der Waals surface area contributed by atoms with Crippen molar-refractivity contribution in [3.8, 4) is 0 Å². The van der Waals surface area contributed by atoms with Crippen LogP contribution in [0.4, 0.5) is 5.69 Å². The third kappa shape index (κ3) is 2.53. The van der Waals surface area contributed by atoms with Gasteiger partial charge in [-0.15, -0.1) is 11.3 Å². The Balaban J connectivity index is 2.28. The average molecular weight is 246 g/mol. The highest BCUT2D eigenvalue weighted by Gasteiger charge is 2.11. The molecule has 0 aliphatic heterocycles. The third-order valence-electron chi connectivity index (χ3n) is 2.57. The third-order valence-corrected chi connectivity index (χ3v) is 3.34. The second kappa shape index (κ2) is 4.67. The van der Waals surface area contributed by atoms with Gasteiger partial charge in [-0.2, -0.15) is 0 Å². The Labute approximate surface area is 105 Å². The molecule has 0 fully saturated rings. The number of hydrogen-bond acceptors (Lipinski definition) is 3. The van der Waals surface area contributed by atoms with E-state index in [0.717, 1.165) is 16.8 Å². The molecule has 3 nitrogen and oxygen atoms in total. The highest BCUT2D eigenvalue weighted by atomic mass is 32.1. The zero-order chi connectivity index (χ0) is 12.4. The van der Waals surface area contributed by atoms with E-state index in [1.165, 1.54) is 16.9 Å². The number of anilines is 1. The number of carbonyl (C=O) groups excluding carboxylic acids is 1. The lowest BCUT2D eigenvalue weighted by atomic mass is 10.1. The van der Waals surface area contributed by atoms with E-state index in [4.69, 9.17) is 0 Å². The first kappa shape index (κ1) is 11.8. The molecule has 0 spiro atoms. The number of aromatic nitrogens is 1. The fraction of sp³-hybridized carbons (Fsp3) is 0.231. The Morgan fingerprint density at radius 3 is 2.41 bits per heavy atom. The van der Waals surface area contributed by atoms with Gasteiger partial charge in [0.15, 0.2) is 0 Å². The van der Waals surface area contributed by atoms with E-state index >= 15 is 0 Å². The topological polar surface area (TPSA) is 42.0 Å². The average Bonchev–Trinajstić information content (AvgIpc) is 2.76. The van der Waals surface area contributed by atoms with Gasteiger partial charge < -0.3 is 5.32 Å². The van der Waals surface area contributed by atoms with Crippen LogP contribution in [0, 0.1) is 20.8 Å². The van der Waals surface area contributed by atoms with E-state index in [-0.39, 0.29) is 5.91 Å². The van der Waals surface area contributed by atoms with Crippen molar-refractivity contribution in [2.75, 3.05) is 5.32 Å². The predicted molar refractivity (Wildman–Crippen MR) is 70.7 cm³/mol. The molecular formula is C13H14N2OS. The van der Waals surface area contributed by atoms with Crippen LogP contribution in [-0.4, -0.2) is 10.9 Å². The van der Waals surface area contributed by atoms with Crippen molar-refractivity contribution in [1.29, 1.82) is 0 Å². The molecule has 1 heterocycles. The maximum Gasteiger partial charge on any atom is 0.267 e. The van der Waals surface area contributed by atoms with Gasteiger partial charge in [0.05, 0.1) is 11.7 Å². The molecule has 2 rings (SSSR count). The molecule has 1 aromatic carbocycles. The lowest BCUT2D eigenvalue weighted by molar-refractivity contribution is 0.103. The molecule has 0 saturated heterocycles. The summed E-state index contributed by atoms with van der Waals surface area (Å²) in [7, 11) is 0. The summed E-state index contributed by atoms with van der Waals surface area (Å²) in [5, 5.41) is 2.94. The maximum atomic E-state index is 11.9. The number of carbonyl (C=O) groups is 1. The smallest absolute Gasteiger partial charge is 0.267 e. The summed E-state index contributed by atoms with van der Waals surface area (Å²) < 4.78 is 0. The molecule has 0 atom stereocenters. The van der Waals surface area contributed by atoms with Crippen molar-refractivity contribution in [1.82, 2.24) is 4.98 Å². The van der Waals surface area contributed by atoms with Crippen LogP contribution < -0.4 is 5.32 Å². The van der Waals surface area contributed by atoms with Crippen molar-refractivity contribution in [3.63, 3.8) is 0 Å². The Morgan fingerprint density at radius 1 is 1.24 bits per heavy atom. The SMILES string of the molecule is Cc1cc(C)c(NC(=O)c2cncs2)c(C)c1. The van der Waals surface area contributed by atoms with Gasteiger partial charge >= 0.3 is 0 Å². The zero-order valence-electron chi connectivity index (χ0n) is 10.1. The standard InChI is InChI=1S/C13H14N2OS/c1-8-4-9(2)12(10(3)5-8)15-13(16)11-6-14-7-17-11/h4-7H,1-3H3,(H,15,16). The zero-order valence-corrected chi connectivity index (χ0v) is 10.9. The van der Waals surface area contributed by atoms with Crippen LogP contribution >= 0.6 is 11.3 Å². The first-order chi connectivity index (χ1) is 8.08. The molecule has 1 amide bonds. The summed E-state index contributed by atoms with van der Waals surface area (Å²) >= 11 is 1.34. The van der Waals surface area contributed by atoms with E-state index in [0.29, 0.717) is 4.88 Å². The molecule has 0 aliphatic carbocycles. The lowest BCUT2D eigenvalue weighted by Gasteiger charge is -2.11. The van der Waals surface area contributed by atoms with Crippen molar-refractivity contribution in [3.05, 3.63) is 45.4 Å². The minimum Gasteiger partial charge on any atom is -0.321 e. The van der Waals surface area contributed by atoms with Gasteiger partial charge in [-0.25, -0.2) is 0 Å². The molecule has 17 heavy (non-hydrogen) atoms. The summed E-state index contributed by atoms with van der Waals surface area (Å²) in [5.74, 6) is -0.0949. The fourth-order valence-corrected chi connectivity index (χ4v) is 2.40. The Kier molecular flexibility index (Phi) is 3.24. The molecule has 0 unspecified atom stereocenters. The van der Waals surface area contributed by atoms with Crippen LogP contribution in [0.2, 0.25) is 0 Å². The van der Waals surface area contributed by atoms with Gasteiger partial charge in [0, 0.05) is 5.69 Å². The van der Waals surface area contributed by atoms with Crippen LogP contribution in [0.1, 0.15) is 26.4 Å². The minimum absolute atomic E-state index is 0.0949. The molecule has 0 radical (unpaired) electrons. The second-order valence-electron chi connectivity index (χ2n) is 4.09. The molecule has 2 aromatic rings. The summed E-state index contributed by atoms with van der Waals surface area (Å²) in [6, 6.07) is 4.13. The predicted octanol–water partition coefficient (Wildman–Crippen LogP) is 3.32. The van der Waals surface area contributed by atoms with Crippen molar-refractivity contribution >= 4 is 22.9 Å². The fourth-order valence-electron chi connectivity index (χ4n) is 1.88. The van der Waals surface area contributed by atoms with Gasteiger partial charge in [-0.05, 0) is 31.9 Å². The van der Waals surface area contributed by atoms with Crippen molar-refractivity contribution in [2.45, 2.75) is 20.8 Å². The maximum absolute atomic E-state index is 11.9. The molecular weight excluding hydrogens is 232 g/mol. The molecule has 88 valence electrons. The van der Waals surface area contributed by atoms with Gasteiger partial charge in [-0.1, -0.05) is 17.7 Å². The molecule has 0 aliphatic rings. The highest BCUT2D eigenvalue weighted by molar-refractivity contribution is 7.11. The lowest BCUT2D eigenvalue weighted by Crippen LogP contribution is -2.12. The Hall–Kier alpha value is -1.68. The number of rotatable bonds is 2. The Bertz CT molecular complexity index is 524. The number of hydrogen-bond donors (Lipinski definition) is 1. The number of benzene rings is 1.